The van der Waals surface area contributed by atoms with Crippen LogP contribution in [-0.2, 0) is 6.18 Å². The highest BCUT2D eigenvalue weighted by atomic mass is 35.5. The zero-order chi connectivity index (χ0) is 13.1. The normalized spacial score (nSPS) is 11.4. The average Bonchev–Trinajstić information content (AvgIpc) is 2.24. The van der Waals surface area contributed by atoms with Gasteiger partial charge in [0.15, 0.2) is 0 Å². The number of halogens is 5. The Hall–Kier alpha value is -1.30. The van der Waals surface area contributed by atoms with Gasteiger partial charge in [-0.15, -0.1) is 11.6 Å². The molecule has 0 spiro atoms. The van der Waals surface area contributed by atoms with Crippen LogP contribution in [0.3, 0.4) is 0 Å². The van der Waals surface area contributed by atoms with Crippen LogP contribution in [0.5, 0.6) is 0 Å². The minimum absolute atomic E-state index is 0.0517. The number of alkyl halides is 4. The lowest BCUT2D eigenvalue weighted by molar-refractivity contribution is -0.140. The van der Waals surface area contributed by atoms with Crippen molar-refractivity contribution in [1.82, 2.24) is 5.32 Å². The molecule has 0 saturated carbocycles. The monoisotopic (exact) mass is 269 g/mol. The fraction of sp³-hybridized carbons (Fsp3) is 0.300. The van der Waals surface area contributed by atoms with Crippen LogP contribution in [0.4, 0.5) is 17.6 Å². The Labute approximate surface area is 99.6 Å². The van der Waals surface area contributed by atoms with E-state index in [4.69, 9.17) is 11.6 Å². The Morgan fingerprint density at radius 2 is 2.00 bits per heavy atom. The summed E-state index contributed by atoms with van der Waals surface area (Å²) in [6.45, 7) is 0.0517. The first-order valence-corrected chi connectivity index (χ1v) is 5.11. The summed E-state index contributed by atoms with van der Waals surface area (Å²) in [5, 5.41) is 2.19. The topological polar surface area (TPSA) is 29.1 Å². The maximum Gasteiger partial charge on any atom is 0.419 e. The molecule has 0 radical (unpaired) electrons. The molecule has 2 nitrogen and oxygen atoms in total. The third-order valence-corrected chi connectivity index (χ3v) is 2.12. The van der Waals surface area contributed by atoms with Gasteiger partial charge in [0.2, 0.25) is 0 Å². The summed E-state index contributed by atoms with van der Waals surface area (Å²) in [6, 6.07) is 2.53. The van der Waals surface area contributed by atoms with Gasteiger partial charge in [-0.05, 0) is 12.1 Å². The summed E-state index contributed by atoms with van der Waals surface area (Å²) >= 11 is 5.29. The molecule has 17 heavy (non-hydrogen) atoms. The zero-order valence-electron chi connectivity index (χ0n) is 8.44. The van der Waals surface area contributed by atoms with Crippen molar-refractivity contribution in [2.24, 2.45) is 0 Å². The molecule has 0 aliphatic heterocycles. The number of hydrogen-bond donors (Lipinski definition) is 1. The summed E-state index contributed by atoms with van der Waals surface area (Å²) in [6.07, 6.45) is -4.83. The molecule has 1 aromatic rings. The Kier molecular flexibility index (Phi) is 4.34. The molecule has 1 amide bonds. The van der Waals surface area contributed by atoms with Crippen LogP contribution in [0.25, 0.3) is 0 Å². The number of benzene rings is 1. The predicted molar refractivity (Wildman–Crippen MR) is 54.5 cm³/mol. The van der Waals surface area contributed by atoms with E-state index in [1.165, 1.54) is 0 Å². The van der Waals surface area contributed by atoms with E-state index < -0.39 is 29.0 Å². The molecule has 0 aliphatic rings. The van der Waals surface area contributed by atoms with Crippen LogP contribution in [-0.4, -0.2) is 18.3 Å². The fourth-order valence-electron chi connectivity index (χ4n) is 1.18. The molecule has 0 bridgehead atoms. The number of rotatable bonds is 3. The van der Waals surface area contributed by atoms with E-state index in [1.54, 1.807) is 0 Å². The van der Waals surface area contributed by atoms with E-state index in [0.29, 0.717) is 6.07 Å². The summed E-state index contributed by atoms with van der Waals surface area (Å²) in [5.74, 6) is -2.41. The first-order valence-electron chi connectivity index (χ1n) is 4.57. The molecule has 1 aromatic carbocycles. The second-order valence-corrected chi connectivity index (χ2v) is 3.49. The fourth-order valence-corrected chi connectivity index (χ4v) is 1.28. The Morgan fingerprint density at radius 1 is 1.35 bits per heavy atom. The van der Waals surface area contributed by atoms with Gasteiger partial charge >= 0.3 is 6.18 Å². The van der Waals surface area contributed by atoms with Crippen LogP contribution in [0.15, 0.2) is 18.2 Å². The highest BCUT2D eigenvalue weighted by molar-refractivity contribution is 6.18. The van der Waals surface area contributed by atoms with Gasteiger partial charge in [-0.1, -0.05) is 6.07 Å². The maximum atomic E-state index is 13.4. The number of carbonyl (C=O) groups is 1. The number of nitrogens with one attached hydrogen (secondary N) is 1. The van der Waals surface area contributed by atoms with Crippen molar-refractivity contribution < 1.29 is 22.4 Å². The molecule has 0 unspecified atom stereocenters. The second-order valence-electron chi connectivity index (χ2n) is 3.11. The van der Waals surface area contributed by atoms with Crippen molar-refractivity contribution in [2.75, 3.05) is 12.4 Å². The van der Waals surface area contributed by atoms with E-state index in [2.05, 4.69) is 5.32 Å². The molecule has 1 N–H and O–H groups in total. The molecule has 7 heteroatoms. The molecule has 0 fully saturated rings. The van der Waals surface area contributed by atoms with Gasteiger partial charge in [-0.2, -0.15) is 13.2 Å². The van der Waals surface area contributed by atoms with Crippen molar-refractivity contribution in [3.8, 4) is 0 Å². The third kappa shape index (κ3) is 3.33. The molecular formula is C10H8ClF4NO. The van der Waals surface area contributed by atoms with Crippen LogP contribution in [0, 0.1) is 5.82 Å². The van der Waals surface area contributed by atoms with Gasteiger partial charge in [-0.25, -0.2) is 4.39 Å². The molecule has 0 heterocycles. The number of amides is 1. The SMILES string of the molecule is O=C(NCCCl)c1cccc(C(F)(F)F)c1F. The highest BCUT2D eigenvalue weighted by Gasteiger charge is 2.35. The average molecular weight is 270 g/mol. The quantitative estimate of drug-likeness (QED) is 0.663. The van der Waals surface area contributed by atoms with Crippen LogP contribution < -0.4 is 5.32 Å². The Morgan fingerprint density at radius 3 is 2.53 bits per heavy atom. The standard InChI is InChI=1S/C10H8ClF4NO/c11-4-5-16-9(17)6-2-1-3-7(8(6)12)10(13,14)15/h1-3H,4-5H2,(H,16,17). The zero-order valence-corrected chi connectivity index (χ0v) is 9.20. The number of hydrogen-bond acceptors (Lipinski definition) is 1. The van der Waals surface area contributed by atoms with Crippen LogP contribution >= 0.6 is 11.6 Å². The highest BCUT2D eigenvalue weighted by Crippen LogP contribution is 2.32. The predicted octanol–water partition coefficient (Wildman–Crippen LogP) is 2.81. The molecular weight excluding hydrogens is 262 g/mol. The first kappa shape index (κ1) is 13.8. The van der Waals surface area contributed by atoms with Crippen molar-refractivity contribution >= 4 is 17.5 Å². The van der Waals surface area contributed by atoms with E-state index >= 15 is 0 Å². The van der Waals surface area contributed by atoms with Gasteiger partial charge < -0.3 is 5.32 Å². The molecule has 0 saturated heterocycles. The molecule has 1 rings (SSSR count). The molecule has 94 valence electrons. The second kappa shape index (κ2) is 5.35. The summed E-state index contributed by atoms with van der Waals surface area (Å²) < 4.78 is 50.5. The lowest BCUT2D eigenvalue weighted by Crippen LogP contribution is -2.27. The van der Waals surface area contributed by atoms with Gasteiger partial charge in [0.05, 0.1) is 11.1 Å². The summed E-state index contributed by atoms with van der Waals surface area (Å²) in [4.78, 5) is 11.3. The Bertz CT molecular complexity index is 419. The molecule has 0 aliphatic carbocycles. The smallest absolute Gasteiger partial charge is 0.351 e. The largest absolute Gasteiger partial charge is 0.419 e. The first-order chi connectivity index (χ1) is 7.88. The van der Waals surface area contributed by atoms with E-state index in [1.807, 2.05) is 0 Å². The van der Waals surface area contributed by atoms with Crippen molar-refractivity contribution in [3.05, 3.63) is 35.1 Å². The van der Waals surface area contributed by atoms with E-state index in [9.17, 15) is 22.4 Å². The van der Waals surface area contributed by atoms with Crippen molar-refractivity contribution in [1.29, 1.82) is 0 Å². The van der Waals surface area contributed by atoms with Gasteiger partial charge in [0, 0.05) is 12.4 Å². The third-order valence-electron chi connectivity index (χ3n) is 1.93. The molecule has 0 aromatic heterocycles. The van der Waals surface area contributed by atoms with Crippen LogP contribution in [0.1, 0.15) is 15.9 Å². The minimum Gasteiger partial charge on any atom is -0.351 e. The van der Waals surface area contributed by atoms with Gasteiger partial charge in [-0.3, -0.25) is 4.79 Å². The van der Waals surface area contributed by atoms with E-state index in [0.717, 1.165) is 12.1 Å². The number of carbonyl (C=O) groups excluding carboxylic acids is 1. The van der Waals surface area contributed by atoms with E-state index in [-0.39, 0.29) is 12.4 Å². The minimum atomic E-state index is -4.83. The summed E-state index contributed by atoms with van der Waals surface area (Å²) in [7, 11) is 0. The molecule has 0 atom stereocenters. The van der Waals surface area contributed by atoms with Crippen LogP contribution in [0.2, 0.25) is 0 Å². The van der Waals surface area contributed by atoms with Crippen molar-refractivity contribution in [2.45, 2.75) is 6.18 Å². The lowest BCUT2D eigenvalue weighted by atomic mass is 10.1. The maximum absolute atomic E-state index is 13.4. The van der Waals surface area contributed by atoms with Gasteiger partial charge in [0.25, 0.3) is 5.91 Å². The van der Waals surface area contributed by atoms with Gasteiger partial charge in [0.1, 0.15) is 5.82 Å². The summed E-state index contributed by atoms with van der Waals surface area (Å²) in [5.41, 5.74) is -2.11. The van der Waals surface area contributed by atoms with Crippen molar-refractivity contribution in [3.63, 3.8) is 0 Å². The Balaban J connectivity index is 3.06. The lowest BCUT2D eigenvalue weighted by Gasteiger charge is -2.10.